The maximum atomic E-state index is 12.7. The summed E-state index contributed by atoms with van der Waals surface area (Å²) in [6.07, 6.45) is -3.51. The van der Waals surface area contributed by atoms with Crippen molar-refractivity contribution >= 4 is 28.8 Å². The summed E-state index contributed by atoms with van der Waals surface area (Å²) < 4.78 is 42.3. The summed E-state index contributed by atoms with van der Waals surface area (Å²) in [5.41, 5.74) is 1.04. The minimum atomic E-state index is -4.88. The van der Waals surface area contributed by atoms with E-state index in [1.54, 1.807) is 43.5 Å². The highest BCUT2D eigenvalue weighted by atomic mass is 35.5. The van der Waals surface area contributed by atoms with Gasteiger partial charge in [-0.15, -0.1) is 13.2 Å². The second kappa shape index (κ2) is 5.91. The van der Waals surface area contributed by atoms with Crippen molar-refractivity contribution in [1.29, 1.82) is 0 Å². The first-order valence-corrected chi connectivity index (χ1v) is 6.80. The highest BCUT2D eigenvalue weighted by molar-refractivity contribution is 6.39. The Bertz CT molecular complexity index is 584. The molecule has 0 saturated carbocycles. The van der Waals surface area contributed by atoms with Crippen molar-refractivity contribution in [1.82, 2.24) is 5.32 Å². The van der Waals surface area contributed by atoms with Gasteiger partial charge in [0.05, 0.1) is 5.03 Å². The zero-order valence-corrected chi connectivity index (χ0v) is 12.5. The number of alkyl halides is 4. The summed E-state index contributed by atoms with van der Waals surface area (Å²) in [6, 6.07) is 8.39. The standard InChI is InChI=1S/C14H12Cl2F3NO/c1-20-10-7-11(15)12(9-5-3-2-4-6-9)13(16,8-10)21-14(17,18)19/h2-7,20H,8H2,1H3. The molecule has 0 heterocycles. The molecule has 114 valence electrons. The van der Waals surface area contributed by atoms with Crippen LogP contribution in [0.5, 0.6) is 0 Å². The first kappa shape index (κ1) is 16.2. The predicted molar refractivity (Wildman–Crippen MR) is 76.7 cm³/mol. The monoisotopic (exact) mass is 337 g/mol. The lowest BCUT2D eigenvalue weighted by atomic mass is 9.92. The lowest BCUT2D eigenvalue weighted by molar-refractivity contribution is -0.342. The average Bonchev–Trinajstić information content (AvgIpc) is 2.36. The van der Waals surface area contributed by atoms with Crippen molar-refractivity contribution in [2.24, 2.45) is 0 Å². The molecular formula is C14H12Cl2F3NO. The van der Waals surface area contributed by atoms with E-state index in [1.165, 1.54) is 0 Å². The van der Waals surface area contributed by atoms with Crippen LogP contribution in [0.4, 0.5) is 13.2 Å². The Hall–Kier alpha value is -1.17. The Balaban J connectivity index is 2.55. The summed E-state index contributed by atoms with van der Waals surface area (Å²) in [7, 11) is 1.58. The van der Waals surface area contributed by atoms with E-state index in [-0.39, 0.29) is 17.0 Å². The molecule has 0 amide bonds. The van der Waals surface area contributed by atoms with Gasteiger partial charge in [-0.3, -0.25) is 4.74 Å². The van der Waals surface area contributed by atoms with Gasteiger partial charge in [0.25, 0.3) is 0 Å². The molecular weight excluding hydrogens is 326 g/mol. The van der Waals surface area contributed by atoms with Crippen molar-refractivity contribution < 1.29 is 17.9 Å². The van der Waals surface area contributed by atoms with Gasteiger partial charge in [-0.1, -0.05) is 53.5 Å². The molecule has 2 nitrogen and oxygen atoms in total. The third-order valence-corrected chi connectivity index (χ3v) is 3.69. The summed E-state index contributed by atoms with van der Waals surface area (Å²) in [4.78, 5) is 0. The maximum Gasteiger partial charge on any atom is 0.524 e. The van der Waals surface area contributed by atoms with Crippen LogP contribution in [0.25, 0.3) is 5.57 Å². The van der Waals surface area contributed by atoms with Crippen LogP contribution in [-0.4, -0.2) is 18.5 Å². The number of allylic oxidation sites excluding steroid dienone is 2. The largest absolute Gasteiger partial charge is 0.524 e. The first-order valence-electron chi connectivity index (χ1n) is 6.05. The number of hydrogen-bond donors (Lipinski definition) is 1. The van der Waals surface area contributed by atoms with Crippen molar-refractivity contribution in [2.75, 3.05) is 7.05 Å². The molecule has 0 bridgehead atoms. The van der Waals surface area contributed by atoms with Gasteiger partial charge in [0.15, 0.2) is 5.06 Å². The highest BCUT2D eigenvalue weighted by Gasteiger charge is 2.48. The minimum Gasteiger partial charge on any atom is -0.391 e. The van der Waals surface area contributed by atoms with E-state index in [2.05, 4.69) is 10.1 Å². The summed E-state index contributed by atoms with van der Waals surface area (Å²) >= 11 is 12.3. The van der Waals surface area contributed by atoms with E-state index < -0.39 is 11.4 Å². The fourth-order valence-corrected chi connectivity index (χ4v) is 3.06. The molecule has 0 saturated heterocycles. The number of rotatable bonds is 3. The van der Waals surface area contributed by atoms with E-state index >= 15 is 0 Å². The quantitative estimate of drug-likeness (QED) is 0.813. The second-order valence-corrected chi connectivity index (χ2v) is 5.48. The second-order valence-electron chi connectivity index (χ2n) is 4.46. The van der Waals surface area contributed by atoms with Gasteiger partial charge in [-0.2, -0.15) is 0 Å². The molecule has 2 rings (SSSR count). The van der Waals surface area contributed by atoms with Gasteiger partial charge in [0.2, 0.25) is 0 Å². The van der Waals surface area contributed by atoms with Gasteiger partial charge in [0.1, 0.15) is 0 Å². The van der Waals surface area contributed by atoms with Gasteiger partial charge in [-0.25, -0.2) is 0 Å². The van der Waals surface area contributed by atoms with Crippen molar-refractivity contribution in [3.8, 4) is 0 Å². The van der Waals surface area contributed by atoms with Crippen LogP contribution in [-0.2, 0) is 4.74 Å². The number of halogens is 5. The smallest absolute Gasteiger partial charge is 0.391 e. The minimum absolute atomic E-state index is 0.0998. The molecule has 0 fully saturated rings. The van der Waals surface area contributed by atoms with Crippen LogP contribution in [0, 0.1) is 0 Å². The fourth-order valence-electron chi connectivity index (χ4n) is 2.18. The average molecular weight is 338 g/mol. The number of benzene rings is 1. The Morgan fingerprint density at radius 3 is 2.38 bits per heavy atom. The van der Waals surface area contributed by atoms with Crippen LogP contribution in [0.1, 0.15) is 12.0 Å². The lowest BCUT2D eigenvalue weighted by Gasteiger charge is -2.35. The molecule has 21 heavy (non-hydrogen) atoms. The molecule has 1 aromatic rings. The third-order valence-electron chi connectivity index (χ3n) is 2.99. The Labute approximate surface area is 130 Å². The van der Waals surface area contributed by atoms with Crippen LogP contribution in [0.15, 0.2) is 47.1 Å². The van der Waals surface area contributed by atoms with Crippen LogP contribution < -0.4 is 5.32 Å². The summed E-state index contributed by atoms with van der Waals surface area (Å²) in [5.74, 6) is 0. The predicted octanol–water partition coefficient (Wildman–Crippen LogP) is 4.62. The fraction of sp³-hybridized carbons (Fsp3) is 0.286. The molecule has 0 radical (unpaired) electrons. The summed E-state index contributed by atoms with van der Waals surface area (Å²) in [5, 5.41) is 0.758. The van der Waals surface area contributed by atoms with Gasteiger partial charge in [-0.05, 0) is 11.6 Å². The molecule has 0 aliphatic heterocycles. The Morgan fingerprint density at radius 1 is 1.24 bits per heavy atom. The van der Waals surface area contributed by atoms with Crippen LogP contribution in [0.2, 0.25) is 0 Å². The Kier molecular flexibility index (Phi) is 4.56. The zero-order valence-electron chi connectivity index (χ0n) is 11.0. The normalized spacial score (nSPS) is 23.0. The Morgan fingerprint density at radius 2 is 1.86 bits per heavy atom. The molecule has 7 heteroatoms. The van der Waals surface area contributed by atoms with Crippen LogP contribution >= 0.6 is 23.2 Å². The zero-order chi connectivity index (χ0) is 15.7. The number of nitrogens with one attached hydrogen (secondary N) is 1. The third kappa shape index (κ3) is 3.73. The van der Waals surface area contributed by atoms with Gasteiger partial charge >= 0.3 is 6.36 Å². The first-order chi connectivity index (χ1) is 9.75. The van der Waals surface area contributed by atoms with E-state index in [9.17, 15) is 13.2 Å². The van der Waals surface area contributed by atoms with Crippen molar-refractivity contribution in [3.63, 3.8) is 0 Å². The van der Waals surface area contributed by atoms with Gasteiger partial charge in [0, 0.05) is 24.7 Å². The van der Waals surface area contributed by atoms with E-state index in [4.69, 9.17) is 23.2 Å². The molecule has 0 spiro atoms. The molecule has 1 unspecified atom stereocenters. The number of ether oxygens (including phenoxy) is 1. The van der Waals surface area contributed by atoms with Crippen molar-refractivity contribution in [3.05, 3.63) is 52.7 Å². The maximum absolute atomic E-state index is 12.7. The molecule has 0 aromatic heterocycles. The molecule has 1 N–H and O–H groups in total. The summed E-state index contributed by atoms with van der Waals surface area (Å²) in [6.45, 7) is 0. The number of hydrogen-bond acceptors (Lipinski definition) is 2. The van der Waals surface area contributed by atoms with E-state index in [1.807, 2.05) is 0 Å². The van der Waals surface area contributed by atoms with E-state index in [0.29, 0.717) is 11.3 Å². The van der Waals surface area contributed by atoms with Gasteiger partial charge < -0.3 is 5.32 Å². The molecule has 1 aromatic carbocycles. The van der Waals surface area contributed by atoms with Crippen molar-refractivity contribution in [2.45, 2.75) is 17.8 Å². The highest BCUT2D eigenvalue weighted by Crippen LogP contribution is 2.48. The molecule has 1 atom stereocenters. The molecule has 1 aliphatic rings. The topological polar surface area (TPSA) is 21.3 Å². The van der Waals surface area contributed by atoms with E-state index in [0.717, 1.165) is 0 Å². The SMILES string of the molecule is CNC1=CC(Cl)=C(c2ccccc2)C(Cl)(OC(F)(F)F)C1. The lowest BCUT2D eigenvalue weighted by Crippen LogP contribution is -2.38. The molecule has 1 aliphatic carbocycles. The van der Waals surface area contributed by atoms with Crippen LogP contribution in [0.3, 0.4) is 0 Å².